The molecule has 0 aliphatic carbocycles. The summed E-state index contributed by atoms with van der Waals surface area (Å²) in [6, 6.07) is 4.68. The fraction of sp³-hybridized carbons (Fsp3) is 0.538. The summed E-state index contributed by atoms with van der Waals surface area (Å²) in [5, 5.41) is 3.32. The zero-order valence-electron chi connectivity index (χ0n) is 10.9. The molecule has 0 aromatic heterocycles. The van der Waals surface area contributed by atoms with Crippen molar-refractivity contribution in [2.75, 3.05) is 20.3 Å². The van der Waals surface area contributed by atoms with E-state index in [-0.39, 0.29) is 11.1 Å². The van der Waals surface area contributed by atoms with Gasteiger partial charge in [0.25, 0.3) is 0 Å². The molecule has 0 fully saturated rings. The Kier molecular flexibility index (Phi) is 6.39. The highest BCUT2D eigenvalue weighted by Gasteiger charge is 2.12. The third kappa shape index (κ3) is 5.21. The standard InChI is InChI=1S/C13H19ClFNO2/c1-9(2)16-7-11(8-17-3)18-10-4-5-13(15)12(14)6-10/h4-6,9,11,16H,7-8H2,1-3H3. The Bertz CT molecular complexity index is 374. The zero-order chi connectivity index (χ0) is 13.5. The second-order valence-corrected chi connectivity index (χ2v) is 4.74. The highest BCUT2D eigenvalue weighted by molar-refractivity contribution is 6.30. The number of halogens is 2. The summed E-state index contributed by atoms with van der Waals surface area (Å²) in [7, 11) is 1.61. The molecule has 0 saturated carbocycles. The fourth-order valence-corrected chi connectivity index (χ4v) is 1.60. The molecule has 0 aliphatic heterocycles. The number of hydrogen-bond acceptors (Lipinski definition) is 3. The van der Waals surface area contributed by atoms with Crippen LogP contribution in [-0.2, 0) is 4.74 Å². The largest absolute Gasteiger partial charge is 0.487 e. The lowest BCUT2D eigenvalue weighted by atomic mass is 10.3. The molecule has 0 amide bonds. The summed E-state index contributed by atoms with van der Waals surface area (Å²) in [5.41, 5.74) is 0. The average molecular weight is 276 g/mol. The van der Waals surface area contributed by atoms with Crippen molar-refractivity contribution in [2.24, 2.45) is 0 Å². The number of ether oxygens (including phenoxy) is 2. The van der Waals surface area contributed by atoms with Gasteiger partial charge in [0, 0.05) is 25.8 Å². The van der Waals surface area contributed by atoms with Crippen LogP contribution in [0.4, 0.5) is 4.39 Å². The maximum absolute atomic E-state index is 13.0. The number of rotatable bonds is 7. The molecule has 0 bridgehead atoms. The van der Waals surface area contributed by atoms with E-state index in [0.717, 1.165) is 0 Å². The maximum Gasteiger partial charge on any atom is 0.142 e. The van der Waals surface area contributed by atoms with Gasteiger partial charge in [0.15, 0.2) is 0 Å². The lowest BCUT2D eigenvalue weighted by Crippen LogP contribution is -2.38. The van der Waals surface area contributed by atoms with E-state index in [9.17, 15) is 4.39 Å². The first-order valence-electron chi connectivity index (χ1n) is 5.87. The molecule has 1 N–H and O–H groups in total. The first-order valence-corrected chi connectivity index (χ1v) is 6.24. The van der Waals surface area contributed by atoms with E-state index >= 15 is 0 Å². The molecule has 18 heavy (non-hydrogen) atoms. The lowest BCUT2D eigenvalue weighted by molar-refractivity contribution is 0.0794. The van der Waals surface area contributed by atoms with Gasteiger partial charge in [0.05, 0.1) is 11.6 Å². The lowest BCUT2D eigenvalue weighted by Gasteiger charge is -2.20. The smallest absolute Gasteiger partial charge is 0.142 e. The van der Waals surface area contributed by atoms with Gasteiger partial charge in [-0.2, -0.15) is 0 Å². The molecule has 0 saturated heterocycles. The molecular formula is C13H19ClFNO2. The molecule has 1 unspecified atom stereocenters. The third-order valence-corrected chi connectivity index (χ3v) is 2.59. The Hall–Kier alpha value is -0.840. The van der Waals surface area contributed by atoms with E-state index in [0.29, 0.717) is 24.9 Å². The first kappa shape index (κ1) is 15.2. The topological polar surface area (TPSA) is 30.5 Å². The molecule has 1 atom stereocenters. The summed E-state index contributed by atoms with van der Waals surface area (Å²) in [6.07, 6.45) is -0.140. The van der Waals surface area contributed by atoms with Crippen molar-refractivity contribution in [1.29, 1.82) is 0 Å². The summed E-state index contributed by atoms with van der Waals surface area (Å²) in [6.45, 7) is 5.21. The third-order valence-electron chi connectivity index (χ3n) is 2.30. The maximum atomic E-state index is 13.0. The van der Waals surface area contributed by atoms with Gasteiger partial charge in [-0.3, -0.25) is 0 Å². The van der Waals surface area contributed by atoms with Crippen LogP contribution in [0, 0.1) is 5.82 Å². The molecule has 0 heterocycles. The van der Waals surface area contributed by atoms with E-state index < -0.39 is 5.82 Å². The predicted octanol–water partition coefficient (Wildman–Crippen LogP) is 2.87. The number of hydrogen-bond donors (Lipinski definition) is 1. The van der Waals surface area contributed by atoms with Gasteiger partial charge < -0.3 is 14.8 Å². The molecule has 102 valence electrons. The molecule has 0 aliphatic rings. The van der Waals surface area contributed by atoms with Crippen molar-refractivity contribution in [3.8, 4) is 5.75 Å². The van der Waals surface area contributed by atoms with Gasteiger partial charge in [-0.1, -0.05) is 25.4 Å². The van der Waals surface area contributed by atoms with Gasteiger partial charge in [0.1, 0.15) is 17.7 Å². The Morgan fingerprint density at radius 3 is 2.67 bits per heavy atom. The van der Waals surface area contributed by atoms with E-state index in [1.54, 1.807) is 13.2 Å². The van der Waals surface area contributed by atoms with Gasteiger partial charge in [-0.25, -0.2) is 4.39 Å². The summed E-state index contributed by atoms with van der Waals surface area (Å²) < 4.78 is 23.8. The average Bonchev–Trinajstić information content (AvgIpc) is 2.31. The highest BCUT2D eigenvalue weighted by Crippen LogP contribution is 2.21. The van der Waals surface area contributed by atoms with Crippen molar-refractivity contribution in [1.82, 2.24) is 5.32 Å². The van der Waals surface area contributed by atoms with Gasteiger partial charge in [-0.15, -0.1) is 0 Å². The molecule has 1 rings (SSSR count). The van der Waals surface area contributed by atoms with Crippen LogP contribution in [0.25, 0.3) is 0 Å². The molecule has 3 nitrogen and oxygen atoms in total. The summed E-state index contributed by atoms with van der Waals surface area (Å²) >= 11 is 5.70. The molecule has 0 spiro atoms. The number of nitrogens with one attached hydrogen (secondary N) is 1. The summed E-state index contributed by atoms with van der Waals surface area (Å²) in [4.78, 5) is 0. The molecule has 1 aromatic rings. The van der Waals surface area contributed by atoms with E-state index in [1.165, 1.54) is 12.1 Å². The minimum atomic E-state index is -0.451. The number of benzene rings is 1. The van der Waals surface area contributed by atoms with Crippen LogP contribution >= 0.6 is 11.6 Å². The second kappa shape index (κ2) is 7.56. The minimum Gasteiger partial charge on any atom is -0.487 e. The molecule has 5 heteroatoms. The normalized spacial score (nSPS) is 12.8. The van der Waals surface area contributed by atoms with Crippen molar-refractivity contribution < 1.29 is 13.9 Å². The molecule has 1 aromatic carbocycles. The highest BCUT2D eigenvalue weighted by atomic mass is 35.5. The zero-order valence-corrected chi connectivity index (χ0v) is 11.6. The quantitative estimate of drug-likeness (QED) is 0.830. The molecule has 0 radical (unpaired) electrons. The van der Waals surface area contributed by atoms with E-state index in [4.69, 9.17) is 21.1 Å². The van der Waals surface area contributed by atoms with Crippen molar-refractivity contribution in [2.45, 2.75) is 26.0 Å². The molecular weight excluding hydrogens is 257 g/mol. The van der Waals surface area contributed by atoms with Crippen LogP contribution < -0.4 is 10.1 Å². The minimum absolute atomic E-state index is 0.0560. The Balaban J connectivity index is 2.61. The Labute approximate surface area is 112 Å². The van der Waals surface area contributed by atoms with Crippen molar-refractivity contribution in [3.63, 3.8) is 0 Å². The van der Waals surface area contributed by atoms with E-state index in [1.807, 2.05) is 0 Å². The van der Waals surface area contributed by atoms with Crippen LogP contribution in [-0.4, -0.2) is 32.4 Å². The monoisotopic (exact) mass is 275 g/mol. The van der Waals surface area contributed by atoms with Crippen molar-refractivity contribution in [3.05, 3.63) is 29.0 Å². The first-order chi connectivity index (χ1) is 8.52. The van der Waals surface area contributed by atoms with Crippen LogP contribution in [0.3, 0.4) is 0 Å². The predicted molar refractivity (Wildman–Crippen MR) is 70.8 cm³/mol. The van der Waals surface area contributed by atoms with Crippen LogP contribution in [0.1, 0.15) is 13.8 Å². The van der Waals surface area contributed by atoms with Gasteiger partial charge in [-0.05, 0) is 12.1 Å². The van der Waals surface area contributed by atoms with Gasteiger partial charge >= 0.3 is 0 Å². The van der Waals surface area contributed by atoms with E-state index in [2.05, 4.69) is 19.2 Å². The summed E-state index contributed by atoms with van der Waals surface area (Å²) in [5.74, 6) is 0.0848. The van der Waals surface area contributed by atoms with Crippen molar-refractivity contribution >= 4 is 11.6 Å². The number of methoxy groups -OCH3 is 1. The Morgan fingerprint density at radius 2 is 2.11 bits per heavy atom. The van der Waals surface area contributed by atoms with Crippen LogP contribution in [0.2, 0.25) is 5.02 Å². The van der Waals surface area contributed by atoms with Crippen LogP contribution in [0.15, 0.2) is 18.2 Å². The second-order valence-electron chi connectivity index (χ2n) is 4.33. The fourth-order valence-electron chi connectivity index (χ4n) is 1.43. The van der Waals surface area contributed by atoms with Crippen LogP contribution in [0.5, 0.6) is 5.75 Å². The van der Waals surface area contributed by atoms with Gasteiger partial charge in [0.2, 0.25) is 0 Å². The Morgan fingerprint density at radius 1 is 1.39 bits per heavy atom. The SMILES string of the molecule is COCC(CNC(C)C)Oc1ccc(F)c(Cl)c1.